The van der Waals surface area contributed by atoms with Gasteiger partial charge in [-0.25, -0.2) is 0 Å². The van der Waals surface area contributed by atoms with Crippen molar-refractivity contribution in [3.63, 3.8) is 0 Å². The van der Waals surface area contributed by atoms with E-state index in [4.69, 9.17) is 4.42 Å². The van der Waals surface area contributed by atoms with Gasteiger partial charge in [-0.1, -0.05) is 35.9 Å². The molecule has 0 bridgehead atoms. The third-order valence-electron chi connectivity index (χ3n) is 3.75. The molecule has 1 aromatic heterocycles. The molecular formula is C19H19N3O2. The average Bonchev–Trinajstić information content (AvgIpc) is 3.04. The molecular weight excluding hydrogens is 302 g/mol. The number of aryl methyl sites for hydroxylation is 2. The molecule has 0 radical (unpaired) electrons. The van der Waals surface area contributed by atoms with Crippen LogP contribution in [0.5, 0.6) is 0 Å². The second-order valence-electron chi connectivity index (χ2n) is 5.69. The van der Waals surface area contributed by atoms with Gasteiger partial charge < -0.3 is 9.73 Å². The number of rotatable bonds is 5. The fourth-order valence-electron chi connectivity index (χ4n) is 2.46. The van der Waals surface area contributed by atoms with Crippen LogP contribution in [0, 0.1) is 13.8 Å². The number of hydrogen-bond donors (Lipinski definition) is 1. The first-order valence-electron chi connectivity index (χ1n) is 7.87. The van der Waals surface area contributed by atoms with Gasteiger partial charge in [0.1, 0.15) is 0 Å². The largest absolute Gasteiger partial charge is 0.421 e. The molecule has 1 N–H and O–H groups in total. The van der Waals surface area contributed by atoms with Crippen LogP contribution in [0.2, 0.25) is 0 Å². The van der Waals surface area contributed by atoms with Crippen LogP contribution in [0.3, 0.4) is 0 Å². The third kappa shape index (κ3) is 3.68. The van der Waals surface area contributed by atoms with Crippen molar-refractivity contribution in [1.82, 2.24) is 15.5 Å². The summed E-state index contributed by atoms with van der Waals surface area (Å²) in [6.07, 6.45) is 0.496. The van der Waals surface area contributed by atoms with Crippen molar-refractivity contribution in [2.24, 2.45) is 0 Å². The summed E-state index contributed by atoms with van der Waals surface area (Å²) in [5, 5.41) is 11.0. The lowest BCUT2D eigenvalue weighted by molar-refractivity contribution is 0.0953. The van der Waals surface area contributed by atoms with E-state index in [0.29, 0.717) is 30.3 Å². The van der Waals surface area contributed by atoms with E-state index in [1.165, 1.54) is 0 Å². The van der Waals surface area contributed by atoms with Crippen LogP contribution >= 0.6 is 0 Å². The van der Waals surface area contributed by atoms with E-state index in [2.05, 4.69) is 15.5 Å². The Bertz CT molecular complexity index is 855. The van der Waals surface area contributed by atoms with Crippen molar-refractivity contribution in [3.05, 3.63) is 71.1 Å². The van der Waals surface area contributed by atoms with Gasteiger partial charge in [-0.05, 0) is 37.6 Å². The standard InChI is InChI=1S/C19H19N3O2/c1-13-6-5-8-15(12-13)19-22-21-17(24-19)10-11-20-18(23)16-9-4-3-7-14(16)2/h3-9,12H,10-11H2,1-2H3,(H,20,23). The van der Waals surface area contributed by atoms with E-state index in [-0.39, 0.29) is 5.91 Å². The van der Waals surface area contributed by atoms with Gasteiger partial charge in [0.2, 0.25) is 11.8 Å². The maximum absolute atomic E-state index is 12.1. The smallest absolute Gasteiger partial charge is 0.251 e. The predicted octanol–water partition coefficient (Wildman–Crippen LogP) is 3.33. The van der Waals surface area contributed by atoms with E-state index >= 15 is 0 Å². The van der Waals surface area contributed by atoms with Gasteiger partial charge >= 0.3 is 0 Å². The number of carbonyl (C=O) groups excluding carboxylic acids is 1. The SMILES string of the molecule is Cc1cccc(-c2nnc(CCNC(=O)c3ccccc3C)o2)c1. The van der Waals surface area contributed by atoms with Crippen LogP contribution in [-0.2, 0) is 6.42 Å². The maximum atomic E-state index is 12.1. The zero-order chi connectivity index (χ0) is 16.9. The lowest BCUT2D eigenvalue weighted by Crippen LogP contribution is -2.26. The van der Waals surface area contributed by atoms with Crippen molar-refractivity contribution in [3.8, 4) is 11.5 Å². The summed E-state index contributed by atoms with van der Waals surface area (Å²) in [6, 6.07) is 15.4. The molecule has 24 heavy (non-hydrogen) atoms. The van der Waals surface area contributed by atoms with E-state index in [0.717, 1.165) is 16.7 Å². The van der Waals surface area contributed by atoms with E-state index < -0.39 is 0 Å². The molecule has 1 amide bonds. The molecule has 0 unspecified atom stereocenters. The molecule has 0 saturated heterocycles. The Morgan fingerprint density at radius 2 is 1.92 bits per heavy atom. The van der Waals surface area contributed by atoms with Gasteiger partial charge in [0.05, 0.1) is 0 Å². The summed E-state index contributed by atoms with van der Waals surface area (Å²) in [4.78, 5) is 12.1. The zero-order valence-electron chi connectivity index (χ0n) is 13.7. The first-order chi connectivity index (χ1) is 11.6. The summed E-state index contributed by atoms with van der Waals surface area (Å²) in [5.41, 5.74) is 3.67. The molecule has 5 nitrogen and oxygen atoms in total. The second-order valence-corrected chi connectivity index (χ2v) is 5.69. The Labute approximate surface area is 140 Å². The fraction of sp³-hybridized carbons (Fsp3) is 0.211. The predicted molar refractivity (Wildman–Crippen MR) is 91.7 cm³/mol. The van der Waals surface area contributed by atoms with Crippen LogP contribution < -0.4 is 5.32 Å². The second kappa shape index (κ2) is 7.08. The average molecular weight is 321 g/mol. The molecule has 2 aromatic carbocycles. The monoisotopic (exact) mass is 321 g/mol. The highest BCUT2D eigenvalue weighted by Crippen LogP contribution is 2.18. The van der Waals surface area contributed by atoms with E-state index in [1.807, 2.05) is 62.4 Å². The zero-order valence-corrected chi connectivity index (χ0v) is 13.7. The van der Waals surface area contributed by atoms with Gasteiger partial charge in [-0.2, -0.15) is 0 Å². The Balaban J connectivity index is 1.58. The van der Waals surface area contributed by atoms with E-state index in [9.17, 15) is 4.79 Å². The maximum Gasteiger partial charge on any atom is 0.251 e. The normalized spacial score (nSPS) is 10.6. The summed E-state index contributed by atoms with van der Waals surface area (Å²) in [7, 11) is 0. The Hall–Kier alpha value is -2.95. The summed E-state index contributed by atoms with van der Waals surface area (Å²) in [5.74, 6) is 0.919. The lowest BCUT2D eigenvalue weighted by atomic mass is 10.1. The molecule has 122 valence electrons. The van der Waals surface area contributed by atoms with Crippen molar-refractivity contribution in [2.75, 3.05) is 6.54 Å². The van der Waals surface area contributed by atoms with Crippen molar-refractivity contribution < 1.29 is 9.21 Å². The van der Waals surface area contributed by atoms with Crippen molar-refractivity contribution in [1.29, 1.82) is 0 Å². The molecule has 0 fully saturated rings. The molecule has 0 saturated carbocycles. The highest BCUT2D eigenvalue weighted by atomic mass is 16.4. The van der Waals surface area contributed by atoms with Crippen LogP contribution in [0.1, 0.15) is 27.4 Å². The molecule has 5 heteroatoms. The molecule has 0 spiro atoms. The quantitative estimate of drug-likeness (QED) is 0.782. The minimum absolute atomic E-state index is 0.0912. The van der Waals surface area contributed by atoms with Crippen molar-refractivity contribution >= 4 is 5.91 Å². The molecule has 0 atom stereocenters. The van der Waals surface area contributed by atoms with Crippen LogP contribution in [0.25, 0.3) is 11.5 Å². The Morgan fingerprint density at radius 3 is 2.71 bits per heavy atom. The van der Waals surface area contributed by atoms with Crippen LogP contribution in [-0.4, -0.2) is 22.6 Å². The van der Waals surface area contributed by atoms with Gasteiger partial charge in [0.15, 0.2) is 0 Å². The number of benzene rings is 2. The van der Waals surface area contributed by atoms with Crippen LogP contribution in [0.15, 0.2) is 52.9 Å². The lowest BCUT2D eigenvalue weighted by Gasteiger charge is -2.06. The summed E-state index contributed by atoms with van der Waals surface area (Å²) in [6.45, 7) is 4.38. The number of aromatic nitrogens is 2. The number of nitrogens with zero attached hydrogens (tertiary/aromatic N) is 2. The molecule has 1 heterocycles. The van der Waals surface area contributed by atoms with Gasteiger partial charge in [-0.3, -0.25) is 4.79 Å². The highest BCUT2D eigenvalue weighted by molar-refractivity contribution is 5.95. The van der Waals surface area contributed by atoms with Crippen LogP contribution in [0.4, 0.5) is 0 Å². The first kappa shape index (κ1) is 15.9. The number of hydrogen-bond acceptors (Lipinski definition) is 4. The van der Waals surface area contributed by atoms with Gasteiger partial charge in [0, 0.05) is 24.1 Å². The van der Waals surface area contributed by atoms with E-state index in [1.54, 1.807) is 0 Å². The summed E-state index contributed by atoms with van der Waals surface area (Å²) < 4.78 is 5.66. The number of amides is 1. The molecule has 3 aromatic rings. The molecule has 0 aliphatic carbocycles. The third-order valence-corrected chi connectivity index (χ3v) is 3.75. The van der Waals surface area contributed by atoms with Gasteiger partial charge in [-0.15, -0.1) is 10.2 Å². The number of nitrogens with one attached hydrogen (secondary N) is 1. The highest BCUT2D eigenvalue weighted by Gasteiger charge is 2.10. The Kier molecular flexibility index (Phi) is 4.70. The minimum atomic E-state index is -0.0912. The number of carbonyl (C=O) groups is 1. The molecule has 3 rings (SSSR count). The summed E-state index contributed by atoms with van der Waals surface area (Å²) >= 11 is 0. The Morgan fingerprint density at radius 1 is 1.08 bits per heavy atom. The fourth-order valence-corrected chi connectivity index (χ4v) is 2.46. The molecule has 0 aliphatic rings. The topological polar surface area (TPSA) is 68.0 Å². The van der Waals surface area contributed by atoms with Gasteiger partial charge in [0.25, 0.3) is 5.91 Å². The van der Waals surface area contributed by atoms with Crippen molar-refractivity contribution in [2.45, 2.75) is 20.3 Å². The minimum Gasteiger partial charge on any atom is -0.421 e. The first-order valence-corrected chi connectivity index (χ1v) is 7.87. The molecule has 0 aliphatic heterocycles.